The fourth-order valence-corrected chi connectivity index (χ4v) is 3.58. The van der Waals surface area contributed by atoms with Gasteiger partial charge in [-0.2, -0.15) is 9.78 Å². The van der Waals surface area contributed by atoms with E-state index in [1.165, 1.54) is 6.21 Å². The highest BCUT2D eigenvalue weighted by molar-refractivity contribution is 9.10. The summed E-state index contributed by atoms with van der Waals surface area (Å²) in [5.74, 6) is 0.501. The number of hydrazone groups is 1. The Hall–Kier alpha value is -4.26. The van der Waals surface area contributed by atoms with E-state index in [0.717, 1.165) is 10.2 Å². The molecule has 3 N–H and O–H groups in total. The van der Waals surface area contributed by atoms with E-state index in [2.05, 4.69) is 51.7 Å². The first-order valence-corrected chi connectivity index (χ1v) is 10.7. The Morgan fingerprint density at radius 2 is 2.09 bits per heavy atom. The van der Waals surface area contributed by atoms with Gasteiger partial charge in [-0.1, -0.05) is 35.5 Å². The van der Waals surface area contributed by atoms with Crippen molar-refractivity contribution in [3.8, 4) is 17.3 Å². The quantitative estimate of drug-likeness (QED) is 0.260. The maximum absolute atomic E-state index is 12.7. The molecule has 12 nitrogen and oxygen atoms in total. The van der Waals surface area contributed by atoms with Crippen LogP contribution in [-0.2, 0) is 6.61 Å². The summed E-state index contributed by atoms with van der Waals surface area (Å²) in [6.07, 6.45) is 1.46. The monoisotopic (exact) mass is 526 g/mol. The van der Waals surface area contributed by atoms with Gasteiger partial charge in [0.2, 0.25) is 11.6 Å². The number of nitrogen functional groups attached to an aromatic ring is 1. The molecule has 0 bridgehead atoms. The fourth-order valence-electron chi connectivity index (χ4n) is 3.01. The number of nitrogens with one attached hydrogen (secondary N) is 1. The van der Waals surface area contributed by atoms with Crippen molar-refractivity contribution >= 4 is 33.9 Å². The van der Waals surface area contributed by atoms with Crippen LogP contribution in [0.5, 0.6) is 11.5 Å². The maximum Gasteiger partial charge on any atom is 0.292 e. The van der Waals surface area contributed by atoms with Crippen LogP contribution in [0.3, 0.4) is 0 Å². The Morgan fingerprint density at radius 1 is 1.29 bits per heavy atom. The van der Waals surface area contributed by atoms with Gasteiger partial charge in [0.1, 0.15) is 6.61 Å². The van der Waals surface area contributed by atoms with Crippen LogP contribution in [0.1, 0.15) is 27.3 Å². The number of methoxy groups -OCH3 is 1. The molecule has 2 aromatic heterocycles. The number of carbonyl (C=O) groups excluding carboxylic acids is 1. The summed E-state index contributed by atoms with van der Waals surface area (Å²) in [5.41, 5.74) is 10.2. The summed E-state index contributed by atoms with van der Waals surface area (Å²) in [7, 11) is 1.54. The third kappa shape index (κ3) is 4.88. The van der Waals surface area contributed by atoms with Gasteiger partial charge in [-0.3, -0.25) is 4.79 Å². The number of halogens is 1. The number of rotatable bonds is 8. The van der Waals surface area contributed by atoms with Gasteiger partial charge >= 0.3 is 0 Å². The van der Waals surface area contributed by atoms with Crippen molar-refractivity contribution in [2.75, 3.05) is 12.8 Å². The van der Waals surface area contributed by atoms with Crippen molar-refractivity contribution < 1.29 is 18.9 Å². The maximum atomic E-state index is 12.7. The lowest BCUT2D eigenvalue weighted by molar-refractivity contribution is 0.0946. The predicted octanol–water partition coefficient (Wildman–Crippen LogP) is 2.65. The van der Waals surface area contributed by atoms with Gasteiger partial charge in [-0.25, -0.2) is 10.1 Å². The molecule has 4 aromatic rings. The van der Waals surface area contributed by atoms with Crippen LogP contribution in [0, 0.1) is 6.92 Å². The Morgan fingerprint density at radius 3 is 2.79 bits per heavy atom. The highest BCUT2D eigenvalue weighted by Crippen LogP contribution is 2.36. The Balaban J connectivity index is 1.48. The van der Waals surface area contributed by atoms with Crippen LogP contribution in [0.15, 0.2) is 56.7 Å². The van der Waals surface area contributed by atoms with Crippen LogP contribution < -0.4 is 20.6 Å². The number of nitrogens with zero attached hydrogens (tertiary/aromatic N) is 6. The molecule has 0 radical (unpaired) electrons. The molecule has 0 saturated heterocycles. The molecule has 0 unspecified atom stereocenters. The molecule has 34 heavy (non-hydrogen) atoms. The van der Waals surface area contributed by atoms with E-state index in [4.69, 9.17) is 15.2 Å². The summed E-state index contributed by atoms with van der Waals surface area (Å²) in [6.45, 7) is 1.99. The second kappa shape index (κ2) is 10.1. The minimum Gasteiger partial charge on any atom is -0.493 e. The van der Waals surface area contributed by atoms with E-state index in [1.807, 2.05) is 30.3 Å². The highest BCUT2D eigenvalue weighted by Gasteiger charge is 2.22. The average molecular weight is 527 g/mol. The number of hydrogen-bond donors (Lipinski definition) is 2. The van der Waals surface area contributed by atoms with E-state index in [0.29, 0.717) is 33.8 Å². The summed E-state index contributed by atoms with van der Waals surface area (Å²) < 4.78 is 17.8. The number of hydrogen-bond acceptors (Lipinski definition) is 10. The van der Waals surface area contributed by atoms with Gasteiger partial charge in [0.05, 0.1) is 23.5 Å². The number of amides is 1. The molecule has 0 spiro atoms. The molecule has 0 saturated carbocycles. The summed E-state index contributed by atoms with van der Waals surface area (Å²) >= 11 is 3.51. The van der Waals surface area contributed by atoms with E-state index in [-0.39, 0.29) is 17.3 Å². The SMILES string of the molecule is COc1cc(/C=N/NC(=O)c2c(C)nnn2-c2nonc2N)cc(Br)c1OCc1ccccc1. The first kappa shape index (κ1) is 22.9. The van der Waals surface area contributed by atoms with E-state index < -0.39 is 5.91 Å². The molecule has 13 heteroatoms. The van der Waals surface area contributed by atoms with Gasteiger partial charge in [0.15, 0.2) is 17.2 Å². The summed E-state index contributed by atoms with van der Waals surface area (Å²) in [4.78, 5) is 12.7. The van der Waals surface area contributed by atoms with Crippen LogP contribution in [0.4, 0.5) is 5.82 Å². The van der Waals surface area contributed by atoms with Crippen molar-refractivity contribution in [3.63, 3.8) is 0 Å². The second-order valence-corrected chi connectivity index (χ2v) is 7.77. The number of aryl methyl sites for hydroxylation is 1. The molecule has 0 aliphatic rings. The third-order valence-corrected chi connectivity index (χ3v) is 5.20. The third-order valence-electron chi connectivity index (χ3n) is 4.61. The Bertz CT molecular complexity index is 1340. The van der Waals surface area contributed by atoms with Crippen LogP contribution >= 0.6 is 15.9 Å². The number of nitrogens with two attached hydrogens (primary N) is 1. The zero-order valence-electron chi connectivity index (χ0n) is 18.1. The number of ether oxygens (including phenoxy) is 2. The molecule has 0 aliphatic carbocycles. The molecular formula is C21H19BrN8O4. The summed E-state index contributed by atoms with van der Waals surface area (Å²) in [6, 6.07) is 13.3. The minimum atomic E-state index is -0.574. The Labute approximate surface area is 201 Å². The van der Waals surface area contributed by atoms with Crippen molar-refractivity contribution in [2.24, 2.45) is 5.10 Å². The van der Waals surface area contributed by atoms with Crippen molar-refractivity contribution in [2.45, 2.75) is 13.5 Å². The van der Waals surface area contributed by atoms with Gasteiger partial charge in [0, 0.05) is 0 Å². The molecule has 0 fully saturated rings. The lowest BCUT2D eigenvalue weighted by Gasteiger charge is -2.13. The molecule has 0 aliphatic heterocycles. The molecule has 4 rings (SSSR count). The zero-order chi connectivity index (χ0) is 24.1. The van der Waals surface area contributed by atoms with Crippen LogP contribution in [0.25, 0.3) is 5.82 Å². The smallest absolute Gasteiger partial charge is 0.292 e. The number of benzene rings is 2. The molecule has 2 aromatic carbocycles. The average Bonchev–Trinajstić information content (AvgIpc) is 3.43. The lowest BCUT2D eigenvalue weighted by Crippen LogP contribution is -2.22. The van der Waals surface area contributed by atoms with E-state index in [9.17, 15) is 4.79 Å². The molecule has 0 atom stereocenters. The number of aromatic nitrogens is 5. The topological polar surface area (TPSA) is 156 Å². The lowest BCUT2D eigenvalue weighted by atomic mass is 10.2. The highest BCUT2D eigenvalue weighted by atomic mass is 79.9. The summed E-state index contributed by atoms with van der Waals surface area (Å²) in [5, 5.41) is 18.9. The largest absolute Gasteiger partial charge is 0.493 e. The standard InChI is InChI=1S/C21H19BrN8O4/c1-12-17(30(29-25-12)20-19(23)27-34-28-20)21(31)26-24-10-14-8-15(22)18(16(9-14)32-2)33-11-13-6-4-3-5-7-13/h3-10H,11H2,1-2H3,(H2,23,27)(H,26,31)/b24-10+. The van der Waals surface area contributed by atoms with Crippen molar-refractivity contribution in [3.05, 3.63) is 69.5 Å². The van der Waals surface area contributed by atoms with E-state index >= 15 is 0 Å². The molecular weight excluding hydrogens is 508 g/mol. The van der Waals surface area contributed by atoms with Gasteiger partial charge in [0.25, 0.3) is 5.91 Å². The first-order valence-electron chi connectivity index (χ1n) is 9.86. The predicted molar refractivity (Wildman–Crippen MR) is 125 cm³/mol. The van der Waals surface area contributed by atoms with Crippen LogP contribution in [0.2, 0.25) is 0 Å². The molecule has 2 heterocycles. The minimum absolute atomic E-state index is 0.0334. The first-order chi connectivity index (χ1) is 16.5. The second-order valence-electron chi connectivity index (χ2n) is 6.92. The normalized spacial score (nSPS) is 11.0. The zero-order valence-corrected chi connectivity index (χ0v) is 19.7. The Kier molecular flexibility index (Phi) is 6.82. The number of carbonyl (C=O) groups is 1. The van der Waals surface area contributed by atoms with Gasteiger partial charge in [-0.15, -0.1) is 5.10 Å². The van der Waals surface area contributed by atoms with Gasteiger partial charge in [-0.05, 0) is 56.4 Å². The van der Waals surface area contributed by atoms with Crippen molar-refractivity contribution in [1.29, 1.82) is 0 Å². The number of anilines is 1. The van der Waals surface area contributed by atoms with Crippen LogP contribution in [-0.4, -0.2) is 44.5 Å². The molecule has 174 valence electrons. The van der Waals surface area contributed by atoms with Gasteiger partial charge < -0.3 is 15.2 Å². The van der Waals surface area contributed by atoms with Crippen molar-refractivity contribution in [1.82, 2.24) is 30.7 Å². The van der Waals surface area contributed by atoms with E-state index in [1.54, 1.807) is 26.2 Å². The molecule has 1 amide bonds. The fraction of sp³-hybridized carbons (Fsp3) is 0.143.